The zero-order chi connectivity index (χ0) is 14.4. The maximum Gasteiger partial charge on any atom is 0.221 e. The van der Waals surface area contributed by atoms with E-state index < -0.39 is 0 Å². The lowest BCUT2D eigenvalue weighted by Crippen LogP contribution is -2.23. The Morgan fingerprint density at radius 2 is 2.00 bits per heavy atom. The molecule has 1 amide bonds. The lowest BCUT2D eigenvalue weighted by Gasteiger charge is -2.04. The van der Waals surface area contributed by atoms with E-state index in [1.54, 1.807) is 11.8 Å². The number of hydrogen-bond donors (Lipinski definition) is 1. The summed E-state index contributed by atoms with van der Waals surface area (Å²) < 4.78 is 5.43. The number of thioether (sulfide) groups is 1. The average Bonchev–Trinajstić information content (AvgIpc) is 2.76. The second-order valence-electron chi connectivity index (χ2n) is 4.63. The first-order valence-electron chi connectivity index (χ1n) is 6.65. The van der Waals surface area contributed by atoms with Gasteiger partial charge in [0.05, 0.1) is 0 Å². The van der Waals surface area contributed by atoms with Gasteiger partial charge < -0.3 is 9.73 Å². The van der Waals surface area contributed by atoms with Gasteiger partial charge in [-0.25, -0.2) is 0 Å². The Hall–Kier alpha value is -1.68. The molecule has 0 atom stereocenters. The van der Waals surface area contributed by atoms with Gasteiger partial charge in [-0.05, 0) is 32.0 Å². The Kier molecular flexibility index (Phi) is 5.30. The highest BCUT2D eigenvalue weighted by Crippen LogP contribution is 2.17. The number of hydrogen-bond acceptors (Lipinski definition) is 3. The van der Waals surface area contributed by atoms with Crippen molar-refractivity contribution in [1.29, 1.82) is 0 Å². The van der Waals surface area contributed by atoms with Crippen LogP contribution >= 0.6 is 11.8 Å². The molecule has 0 unspecified atom stereocenters. The molecule has 0 fully saturated rings. The molecule has 4 heteroatoms. The molecule has 20 heavy (non-hydrogen) atoms. The molecular weight excluding hydrogens is 270 g/mol. The zero-order valence-corrected chi connectivity index (χ0v) is 12.6. The van der Waals surface area contributed by atoms with Crippen LogP contribution in [0.4, 0.5) is 0 Å². The molecule has 0 aliphatic carbocycles. The highest BCUT2D eigenvalue weighted by Gasteiger charge is 2.07. The van der Waals surface area contributed by atoms with Crippen LogP contribution in [0.5, 0.6) is 0 Å². The number of nitrogens with one attached hydrogen (secondary N) is 1. The van der Waals surface area contributed by atoms with Crippen molar-refractivity contribution in [3.05, 3.63) is 53.5 Å². The fourth-order valence-corrected chi connectivity index (χ4v) is 2.79. The molecule has 3 nitrogen and oxygen atoms in total. The van der Waals surface area contributed by atoms with Gasteiger partial charge in [0.2, 0.25) is 5.91 Å². The molecule has 0 spiro atoms. The van der Waals surface area contributed by atoms with Crippen LogP contribution in [0.25, 0.3) is 0 Å². The summed E-state index contributed by atoms with van der Waals surface area (Å²) in [5.74, 6) is 2.62. The summed E-state index contributed by atoms with van der Waals surface area (Å²) in [4.78, 5) is 13.0. The van der Waals surface area contributed by atoms with Gasteiger partial charge in [0, 0.05) is 29.2 Å². The Balaban J connectivity index is 1.69. The highest BCUT2D eigenvalue weighted by atomic mass is 32.2. The second kappa shape index (κ2) is 7.20. The van der Waals surface area contributed by atoms with Crippen LogP contribution < -0.4 is 5.32 Å². The van der Waals surface area contributed by atoms with Gasteiger partial charge >= 0.3 is 0 Å². The minimum absolute atomic E-state index is 0.0756. The summed E-state index contributed by atoms with van der Waals surface area (Å²) in [6.07, 6.45) is 0.523. The van der Waals surface area contributed by atoms with E-state index in [0.29, 0.717) is 13.0 Å². The van der Waals surface area contributed by atoms with Crippen LogP contribution in [0.1, 0.15) is 23.5 Å². The summed E-state index contributed by atoms with van der Waals surface area (Å²) in [7, 11) is 0. The predicted molar refractivity (Wildman–Crippen MR) is 81.8 cm³/mol. The lowest BCUT2D eigenvalue weighted by molar-refractivity contribution is -0.120. The molecule has 106 valence electrons. The van der Waals surface area contributed by atoms with Gasteiger partial charge in [-0.2, -0.15) is 0 Å². The zero-order valence-electron chi connectivity index (χ0n) is 11.8. The van der Waals surface area contributed by atoms with Gasteiger partial charge in [0.25, 0.3) is 0 Å². The first-order chi connectivity index (χ1) is 9.65. The highest BCUT2D eigenvalue weighted by molar-refractivity contribution is 7.99. The molecule has 2 aromatic rings. The monoisotopic (exact) mass is 289 g/mol. The Labute approximate surface area is 123 Å². The van der Waals surface area contributed by atoms with Gasteiger partial charge in [-0.1, -0.05) is 18.2 Å². The predicted octanol–water partition coefficient (Wildman–Crippen LogP) is 3.70. The normalized spacial score (nSPS) is 10.5. The van der Waals surface area contributed by atoms with Crippen molar-refractivity contribution in [3.63, 3.8) is 0 Å². The van der Waals surface area contributed by atoms with E-state index in [2.05, 4.69) is 17.4 Å². The van der Waals surface area contributed by atoms with E-state index in [9.17, 15) is 4.79 Å². The van der Waals surface area contributed by atoms with Gasteiger partial charge in [-0.3, -0.25) is 4.79 Å². The van der Waals surface area contributed by atoms with Crippen molar-refractivity contribution in [2.75, 3.05) is 5.75 Å². The second-order valence-corrected chi connectivity index (χ2v) is 5.80. The smallest absolute Gasteiger partial charge is 0.221 e. The maximum absolute atomic E-state index is 11.8. The molecule has 0 saturated heterocycles. The molecule has 2 rings (SSSR count). The fourth-order valence-electron chi connectivity index (χ4n) is 1.92. The van der Waals surface area contributed by atoms with E-state index in [-0.39, 0.29) is 5.91 Å². The van der Waals surface area contributed by atoms with E-state index >= 15 is 0 Å². The van der Waals surface area contributed by atoms with Crippen molar-refractivity contribution in [3.8, 4) is 0 Å². The van der Waals surface area contributed by atoms with Crippen LogP contribution in [-0.2, 0) is 11.3 Å². The molecule has 0 aliphatic rings. The van der Waals surface area contributed by atoms with E-state index in [0.717, 1.165) is 22.8 Å². The summed E-state index contributed by atoms with van der Waals surface area (Å²) in [5.41, 5.74) is 1.05. The topological polar surface area (TPSA) is 42.2 Å². The van der Waals surface area contributed by atoms with Crippen LogP contribution in [0.15, 0.2) is 45.7 Å². The molecular formula is C16H19NO2S. The molecule has 1 heterocycles. The standard InChI is InChI=1S/C16H19NO2S/c1-12-10-14(13(2)19-12)11-17-16(18)8-9-20-15-6-4-3-5-7-15/h3-7,10H,8-9,11H2,1-2H3,(H,17,18). The summed E-state index contributed by atoms with van der Waals surface area (Å²) in [6.45, 7) is 4.37. The largest absolute Gasteiger partial charge is 0.466 e. The summed E-state index contributed by atoms with van der Waals surface area (Å²) >= 11 is 1.70. The molecule has 0 radical (unpaired) electrons. The number of benzene rings is 1. The SMILES string of the molecule is Cc1cc(CNC(=O)CCSc2ccccc2)c(C)o1. The average molecular weight is 289 g/mol. The van der Waals surface area contributed by atoms with Crippen LogP contribution in [0.2, 0.25) is 0 Å². The maximum atomic E-state index is 11.8. The number of carbonyl (C=O) groups excluding carboxylic acids is 1. The first kappa shape index (κ1) is 14.7. The van der Waals surface area contributed by atoms with Crippen LogP contribution in [0, 0.1) is 13.8 Å². The molecule has 0 aliphatic heterocycles. The van der Waals surface area contributed by atoms with E-state index in [1.807, 2.05) is 38.1 Å². The quantitative estimate of drug-likeness (QED) is 0.825. The van der Waals surface area contributed by atoms with E-state index in [1.165, 1.54) is 4.90 Å². The minimum atomic E-state index is 0.0756. The first-order valence-corrected chi connectivity index (χ1v) is 7.64. The van der Waals surface area contributed by atoms with Crippen LogP contribution in [-0.4, -0.2) is 11.7 Å². The van der Waals surface area contributed by atoms with Crippen molar-refractivity contribution in [1.82, 2.24) is 5.32 Å². The summed E-state index contributed by atoms with van der Waals surface area (Å²) in [5, 5.41) is 2.93. The van der Waals surface area contributed by atoms with Gasteiger partial charge in [0.15, 0.2) is 0 Å². The van der Waals surface area contributed by atoms with Gasteiger partial charge in [0.1, 0.15) is 11.5 Å². The molecule has 0 saturated carbocycles. The van der Waals surface area contributed by atoms with Crippen molar-refractivity contribution >= 4 is 17.7 Å². The van der Waals surface area contributed by atoms with E-state index in [4.69, 9.17) is 4.42 Å². The Bertz CT molecular complexity index is 563. The molecule has 1 aromatic heterocycles. The van der Waals surface area contributed by atoms with Crippen molar-refractivity contribution < 1.29 is 9.21 Å². The number of furan rings is 1. The van der Waals surface area contributed by atoms with Gasteiger partial charge in [-0.15, -0.1) is 11.8 Å². The minimum Gasteiger partial charge on any atom is -0.466 e. The fraction of sp³-hybridized carbons (Fsp3) is 0.312. The molecule has 1 aromatic carbocycles. The number of aryl methyl sites for hydroxylation is 2. The van der Waals surface area contributed by atoms with Crippen LogP contribution in [0.3, 0.4) is 0 Å². The Morgan fingerprint density at radius 3 is 2.65 bits per heavy atom. The molecule has 1 N–H and O–H groups in total. The number of rotatable bonds is 6. The summed E-state index contributed by atoms with van der Waals surface area (Å²) in [6, 6.07) is 12.1. The number of carbonyl (C=O) groups is 1. The third kappa shape index (κ3) is 4.46. The van der Waals surface area contributed by atoms with Crippen molar-refractivity contribution in [2.24, 2.45) is 0 Å². The molecule has 0 bridgehead atoms. The third-order valence-electron chi connectivity index (χ3n) is 2.96. The number of amides is 1. The Morgan fingerprint density at radius 1 is 1.25 bits per heavy atom. The lowest BCUT2D eigenvalue weighted by atomic mass is 10.2. The van der Waals surface area contributed by atoms with Crippen molar-refractivity contribution in [2.45, 2.75) is 31.7 Å². The third-order valence-corrected chi connectivity index (χ3v) is 3.97.